The van der Waals surface area contributed by atoms with Crippen molar-refractivity contribution in [1.29, 1.82) is 0 Å². The van der Waals surface area contributed by atoms with Crippen LogP contribution in [0.2, 0.25) is 0 Å². The van der Waals surface area contributed by atoms with Gasteiger partial charge in [0.2, 0.25) is 21.8 Å². The van der Waals surface area contributed by atoms with Crippen LogP contribution in [0.25, 0.3) is 10.9 Å². The number of pyridine rings is 1. The van der Waals surface area contributed by atoms with E-state index in [0.717, 1.165) is 18.4 Å². The number of sulfonamides is 1. The Morgan fingerprint density at radius 3 is 2.56 bits per heavy atom. The number of aryl methyl sites for hydroxylation is 2. The van der Waals surface area contributed by atoms with Crippen LogP contribution in [-0.2, 0) is 35.6 Å². The van der Waals surface area contributed by atoms with Crippen LogP contribution in [-0.4, -0.2) is 88.8 Å². The summed E-state index contributed by atoms with van der Waals surface area (Å²) in [5.41, 5.74) is -1.72. The molecule has 3 aliphatic heterocycles. The van der Waals surface area contributed by atoms with Crippen LogP contribution >= 0.6 is 0 Å². The highest BCUT2D eigenvalue weighted by atomic mass is 32.2. The molecule has 3 N–H and O–H groups in total. The van der Waals surface area contributed by atoms with Gasteiger partial charge in [0.05, 0.1) is 22.5 Å². The van der Waals surface area contributed by atoms with Gasteiger partial charge in [-0.2, -0.15) is 8.78 Å². The lowest BCUT2D eigenvalue weighted by Crippen LogP contribution is -2.58. The molecule has 5 unspecified atom stereocenters. The fraction of sp³-hybridized carbons (Fsp3) is 0.625. The minimum Gasteiger partial charge on any atom is -0.483 e. The fourth-order valence-corrected chi connectivity index (χ4v) is 9.61. The number of hydrogen-bond donors (Lipinski definition) is 3. The summed E-state index contributed by atoms with van der Waals surface area (Å²) in [6, 6.07) is 2.27. The van der Waals surface area contributed by atoms with Crippen LogP contribution in [0, 0.1) is 12.8 Å². The van der Waals surface area contributed by atoms with Crippen molar-refractivity contribution in [2.75, 3.05) is 6.54 Å². The molecule has 2 aliphatic carbocycles. The molecule has 0 bridgehead atoms. The topological polar surface area (TPSA) is 182 Å². The van der Waals surface area contributed by atoms with Crippen molar-refractivity contribution in [2.24, 2.45) is 5.92 Å². The Kier molecular flexibility index (Phi) is 10.5. The predicted octanol–water partition coefficient (Wildman–Crippen LogP) is 5.10. The van der Waals surface area contributed by atoms with E-state index >= 15 is 0 Å². The average Bonchev–Trinajstić information content (AvgIpc) is 4.01. The van der Waals surface area contributed by atoms with Crippen molar-refractivity contribution in [2.45, 2.75) is 145 Å². The first-order valence-corrected chi connectivity index (χ1v) is 21.1. The zero-order valence-corrected chi connectivity index (χ0v) is 33.7. The molecular formula is C40H51F2N5O9S. The van der Waals surface area contributed by atoms with Gasteiger partial charge in [0.15, 0.2) is 0 Å². The number of nitrogens with one attached hydrogen (secondary N) is 3. The summed E-state index contributed by atoms with van der Waals surface area (Å²) in [5.74, 6) is -2.13. The van der Waals surface area contributed by atoms with Crippen LogP contribution in [0.1, 0.15) is 103 Å². The molecule has 14 nitrogen and oxygen atoms in total. The highest BCUT2D eigenvalue weighted by Gasteiger charge is 2.64. The smallest absolute Gasteiger partial charge is 0.408 e. The number of carbonyl (C=O) groups is 4. The zero-order chi connectivity index (χ0) is 41.1. The molecule has 1 aromatic carbocycles. The first-order chi connectivity index (χ1) is 26.7. The molecule has 5 atom stereocenters. The Hall–Kier alpha value is -4.54. The first-order valence-electron chi connectivity index (χ1n) is 19.7. The van der Waals surface area contributed by atoms with Gasteiger partial charge in [-0.25, -0.2) is 18.2 Å². The van der Waals surface area contributed by atoms with E-state index in [1.165, 1.54) is 17.0 Å². The third-order valence-electron chi connectivity index (χ3n) is 11.9. The summed E-state index contributed by atoms with van der Waals surface area (Å²) in [6.07, 6.45) is 7.70. The van der Waals surface area contributed by atoms with E-state index in [9.17, 15) is 36.4 Å². The van der Waals surface area contributed by atoms with Crippen LogP contribution in [0.3, 0.4) is 0 Å². The molecule has 4 heterocycles. The number of amides is 4. The van der Waals surface area contributed by atoms with E-state index in [0.29, 0.717) is 60.9 Å². The number of allylic oxidation sites excluding steroid dienone is 1. The third-order valence-corrected chi connectivity index (χ3v) is 14.0. The Labute approximate surface area is 330 Å². The Morgan fingerprint density at radius 1 is 1.11 bits per heavy atom. The minimum absolute atomic E-state index is 0.00373. The second kappa shape index (κ2) is 14.7. The molecular weight excluding hydrogens is 765 g/mol. The van der Waals surface area contributed by atoms with Crippen molar-refractivity contribution >= 4 is 44.7 Å². The second-order valence-electron chi connectivity index (χ2n) is 17.5. The highest BCUT2D eigenvalue weighted by Crippen LogP contribution is 2.49. The van der Waals surface area contributed by atoms with Gasteiger partial charge in [-0.15, -0.1) is 0 Å². The minimum atomic E-state index is -4.03. The number of carbonyl (C=O) groups excluding carboxylic acids is 4. The molecule has 2 saturated carbocycles. The summed E-state index contributed by atoms with van der Waals surface area (Å²) in [4.78, 5) is 62.4. The van der Waals surface area contributed by atoms with Gasteiger partial charge in [0.25, 0.3) is 5.91 Å². The summed E-state index contributed by atoms with van der Waals surface area (Å²) < 4.78 is 70.8. The lowest BCUT2D eigenvalue weighted by molar-refractivity contribution is -0.141. The van der Waals surface area contributed by atoms with Gasteiger partial charge in [0, 0.05) is 23.3 Å². The molecule has 4 amide bonds. The van der Waals surface area contributed by atoms with Crippen LogP contribution in [0.5, 0.6) is 11.5 Å². The molecule has 57 heavy (non-hydrogen) atoms. The second-order valence-corrected chi connectivity index (χ2v) is 19.7. The zero-order valence-electron chi connectivity index (χ0n) is 32.9. The standard InChI is InChI=1S/C40H51F2N5O9S/c1-23-31-26(27-19-25(54-35(41)42)13-14-28(27)43-23)15-16-39(55-31)21-30-32(48)45-40(34(50)46-57(52,53)38(5)17-18-38)20-24(40)11-9-7-6-8-10-12-29(33(49)47(30)22-39)44-36(51)56-37(2,3)4/h9,11,13-14,19,24,29-30,35H,6-8,10,12,15-18,20-22H2,1-5H3,(H,44,51)(H,45,48)(H,46,50). The van der Waals surface area contributed by atoms with Crippen LogP contribution in [0.15, 0.2) is 30.4 Å². The molecule has 5 aliphatic rings. The van der Waals surface area contributed by atoms with E-state index in [-0.39, 0.29) is 31.6 Å². The number of alkyl carbamates (subject to hydrolysis) is 1. The number of halogens is 2. The summed E-state index contributed by atoms with van der Waals surface area (Å²) >= 11 is 0. The summed E-state index contributed by atoms with van der Waals surface area (Å²) in [7, 11) is -4.03. The van der Waals surface area contributed by atoms with Crippen LogP contribution in [0.4, 0.5) is 13.6 Å². The SMILES string of the molecule is Cc1nc2ccc(OC(F)F)cc2c2c1OC1(CC2)CC2C(=O)NC3(C(=O)NS(=O)(=O)C4(C)CC4)CC3C=CCCCCCC(NC(=O)OC(C)(C)C)C(=O)N2C1. The maximum atomic E-state index is 14.7. The molecule has 7 rings (SSSR count). The number of hydrogen-bond acceptors (Lipinski definition) is 10. The predicted molar refractivity (Wildman–Crippen MR) is 204 cm³/mol. The van der Waals surface area contributed by atoms with E-state index in [1.54, 1.807) is 40.7 Å². The quantitative estimate of drug-likeness (QED) is 0.332. The van der Waals surface area contributed by atoms with Gasteiger partial charge in [-0.1, -0.05) is 25.0 Å². The highest BCUT2D eigenvalue weighted by molar-refractivity contribution is 7.91. The Balaban J connectivity index is 1.24. The molecule has 310 valence electrons. The van der Waals surface area contributed by atoms with Crippen molar-refractivity contribution in [3.63, 3.8) is 0 Å². The number of aromatic nitrogens is 1. The van der Waals surface area contributed by atoms with E-state index in [1.807, 2.05) is 12.2 Å². The van der Waals surface area contributed by atoms with Gasteiger partial charge < -0.3 is 29.7 Å². The van der Waals surface area contributed by atoms with Gasteiger partial charge in [-0.05, 0) is 104 Å². The number of fused-ring (bicyclic) bond motifs is 5. The Morgan fingerprint density at radius 2 is 1.86 bits per heavy atom. The number of nitrogens with zero attached hydrogens (tertiary/aromatic N) is 2. The Bertz CT molecular complexity index is 2120. The summed E-state index contributed by atoms with van der Waals surface area (Å²) in [6.45, 7) is 5.38. The number of benzene rings is 1. The molecule has 1 aromatic heterocycles. The van der Waals surface area contributed by atoms with Crippen molar-refractivity contribution < 1.29 is 50.6 Å². The van der Waals surface area contributed by atoms with Crippen molar-refractivity contribution in [3.8, 4) is 11.5 Å². The normalized spacial score (nSPS) is 28.6. The van der Waals surface area contributed by atoms with E-state index in [2.05, 4.69) is 25.1 Å². The molecule has 3 fully saturated rings. The number of ether oxygens (including phenoxy) is 3. The number of rotatable bonds is 6. The van der Waals surface area contributed by atoms with Gasteiger partial charge in [0.1, 0.15) is 40.3 Å². The molecule has 17 heteroatoms. The molecule has 1 spiro atoms. The van der Waals surface area contributed by atoms with Crippen molar-refractivity contribution in [1.82, 2.24) is 25.2 Å². The van der Waals surface area contributed by atoms with Gasteiger partial charge in [-0.3, -0.25) is 19.1 Å². The largest absolute Gasteiger partial charge is 0.483 e. The van der Waals surface area contributed by atoms with E-state index in [4.69, 9.17) is 9.47 Å². The fourth-order valence-electron chi connectivity index (χ4n) is 8.30. The maximum Gasteiger partial charge on any atom is 0.408 e. The molecule has 1 saturated heterocycles. The summed E-state index contributed by atoms with van der Waals surface area (Å²) in [5, 5.41) is 6.21. The molecule has 0 radical (unpaired) electrons. The third kappa shape index (κ3) is 8.26. The van der Waals surface area contributed by atoms with Crippen molar-refractivity contribution in [3.05, 3.63) is 41.6 Å². The lowest BCUT2D eigenvalue weighted by atomic mass is 9.87. The first kappa shape index (κ1) is 40.6. The average molecular weight is 816 g/mol. The molecule has 2 aromatic rings. The van der Waals surface area contributed by atoms with Gasteiger partial charge >= 0.3 is 12.7 Å². The monoisotopic (exact) mass is 815 g/mol. The lowest BCUT2D eigenvalue weighted by Gasteiger charge is -2.36. The van der Waals surface area contributed by atoms with Crippen LogP contribution < -0.4 is 24.8 Å². The van der Waals surface area contributed by atoms with E-state index < -0.39 is 79.9 Å². The maximum absolute atomic E-state index is 14.7. The number of alkyl halides is 2.